The second-order valence-electron chi connectivity index (χ2n) is 3.00. The first-order valence-electron chi connectivity index (χ1n) is 4.18. The lowest BCUT2D eigenvalue weighted by molar-refractivity contribution is -0.143. The van der Waals surface area contributed by atoms with Crippen LogP contribution in [0.2, 0.25) is 0 Å². The third-order valence-electron chi connectivity index (χ3n) is 1.71. The first-order valence-corrected chi connectivity index (χ1v) is 4.18. The number of halogens is 5. The minimum Gasteiger partial charge on any atom is -0.418 e. The lowest BCUT2D eigenvalue weighted by atomic mass is 10.2. The highest BCUT2D eigenvalue weighted by atomic mass is 19.2. The van der Waals surface area contributed by atoms with Gasteiger partial charge in [0.2, 0.25) is 34.8 Å². The van der Waals surface area contributed by atoms with Gasteiger partial charge in [0.05, 0.1) is 0 Å². The largest absolute Gasteiger partial charge is 0.418 e. The number of hydrogen-bond donors (Lipinski definition) is 1. The van der Waals surface area contributed by atoms with Crippen molar-refractivity contribution in [3.8, 4) is 5.75 Å². The normalized spacial score (nSPS) is 12.4. The Bertz CT molecular complexity index is 443. The number of carbonyl (C=O) groups excluding carboxylic acids is 1. The van der Waals surface area contributed by atoms with E-state index in [0.29, 0.717) is 0 Å². The molecule has 1 aromatic carbocycles. The highest BCUT2D eigenvalue weighted by molar-refractivity contribution is 5.76. The molecule has 0 bridgehead atoms. The topological polar surface area (TPSA) is 46.5 Å². The lowest BCUT2D eigenvalue weighted by Crippen LogP contribution is -2.23. The van der Waals surface area contributed by atoms with Gasteiger partial charge < -0.3 is 9.84 Å². The van der Waals surface area contributed by atoms with Crippen LogP contribution in [0.5, 0.6) is 5.75 Å². The van der Waals surface area contributed by atoms with Crippen molar-refractivity contribution < 1.29 is 36.6 Å². The third kappa shape index (κ3) is 2.36. The molecule has 0 saturated carbocycles. The Balaban J connectivity index is 3.30. The molecule has 0 spiro atoms. The molecule has 0 radical (unpaired) electrons. The van der Waals surface area contributed by atoms with Crippen LogP contribution >= 0.6 is 0 Å². The van der Waals surface area contributed by atoms with Gasteiger partial charge in [-0.15, -0.1) is 0 Å². The summed E-state index contributed by atoms with van der Waals surface area (Å²) in [5.41, 5.74) is 0. The van der Waals surface area contributed by atoms with Gasteiger partial charge in [0.1, 0.15) is 6.10 Å². The molecule has 0 saturated heterocycles. The van der Waals surface area contributed by atoms with Crippen LogP contribution in [0.1, 0.15) is 6.92 Å². The summed E-state index contributed by atoms with van der Waals surface area (Å²) in [6.45, 7) is 0.897. The number of aliphatic hydroxyl groups is 1. The van der Waals surface area contributed by atoms with E-state index in [1.54, 1.807) is 0 Å². The summed E-state index contributed by atoms with van der Waals surface area (Å²) in [6, 6.07) is 0. The van der Waals surface area contributed by atoms with Crippen LogP contribution in [0.4, 0.5) is 22.0 Å². The van der Waals surface area contributed by atoms with Crippen molar-refractivity contribution >= 4 is 5.97 Å². The highest BCUT2D eigenvalue weighted by Gasteiger charge is 2.29. The highest BCUT2D eigenvalue weighted by Crippen LogP contribution is 2.29. The molecule has 1 unspecified atom stereocenters. The SMILES string of the molecule is CC(O)C(=O)Oc1c(F)c(F)c(F)c(F)c1F. The summed E-state index contributed by atoms with van der Waals surface area (Å²) < 4.78 is 67.6. The molecule has 0 aliphatic carbocycles. The fraction of sp³-hybridized carbons (Fsp3) is 0.222. The van der Waals surface area contributed by atoms with Crippen molar-refractivity contribution in [2.24, 2.45) is 0 Å². The lowest BCUT2D eigenvalue weighted by Gasteiger charge is -2.09. The molecule has 1 atom stereocenters. The number of carbonyl (C=O) groups is 1. The van der Waals surface area contributed by atoms with Crippen molar-refractivity contribution in [1.29, 1.82) is 0 Å². The summed E-state index contributed by atoms with van der Waals surface area (Å²) >= 11 is 0. The van der Waals surface area contributed by atoms with Crippen LogP contribution in [0.15, 0.2) is 0 Å². The van der Waals surface area contributed by atoms with Crippen LogP contribution in [0.3, 0.4) is 0 Å². The second kappa shape index (κ2) is 4.66. The summed E-state index contributed by atoms with van der Waals surface area (Å²) in [5.74, 6) is -14.7. The van der Waals surface area contributed by atoms with Crippen LogP contribution in [0.25, 0.3) is 0 Å². The molecular weight excluding hydrogens is 251 g/mol. The van der Waals surface area contributed by atoms with Gasteiger partial charge in [-0.1, -0.05) is 0 Å². The van der Waals surface area contributed by atoms with Gasteiger partial charge in [0, 0.05) is 0 Å². The number of benzene rings is 1. The van der Waals surface area contributed by atoms with E-state index in [0.717, 1.165) is 6.92 Å². The molecule has 0 amide bonds. The third-order valence-corrected chi connectivity index (χ3v) is 1.71. The van der Waals surface area contributed by atoms with Gasteiger partial charge in [-0.2, -0.15) is 8.78 Å². The number of hydrogen-bond acceptors (Lipinski definition) is 3. The summed E-state index contributed by atoms with van der Waals surface area (Å²) in [5, 5.41) is 8.68. The Morgan fingerprint density at radius 1 is 1.00 bits per heavy atom. The van der Waals surface area contributed by atoms with E-state index < -0.39 is 46.9 Å². The molecule has 3 nitrogen and oxygen atoms in total. The quantitative estimate of drug-likeness (QED) is 0.288. The number of ether oxygens (including phenoxy) is 1. The molecule has 1 N–H and O–H groups in total. The van der Waals surface area contributed by atoms with Crippen molar-refractivity contribution in [2.45, 2.75) is 13.0 Å². The summed E-state index contributed by atoms with van der Waals surface area (Å²) in [6.07, 6.45) is -1.77. The zero-order valence-electron chi connectivity index (χ0n) is 8.23. The van der Waals surface area contributed by atoms with E-state index >= 15 is 0 Å². The minimum absolute atomic E-state index is 0.897. The number of esters is 1. The molecule has 1 aromatic rings. The monoisotopic (exact) mass is 256 g/mol. The van der Waals surface area contributed by atoms with Crippen molar-refractivity contribution in [3.05, 3.63) is 29.1 Å². The van der Waals surface area contributed by atoms with Crippen LogP contribution in [-0.2, 0) is 4.79 Å². The van der Waals surface area contributed by atoms with Gasteiger partial charge in [0.15, 0.2) is 0 Å². The van der Waals surface area contributed by atoms with Crippen molar-refractivity contribution in [3.63, 3.8) is 0 Å². The zero-order chi connectivity index (χ0) is 13.3. The Morgan fingerprint density at radius 2 is 1.35 bits per heavy atom. The fourth-order valence-corrected chi connectivity index (χ4v) is 0.860. The molecule has 0 aliphatic rings. The van der Waals surface area contributed by atoms with E-state index in [4.69, 9.17) is 5.11 Å². The van der Waals surface area contributed by atoms with Gasteiger partial charge in [0.25, 0.3) is 0 Å². The predicted molar refractivity (Wildman–Crippen MR) is 43.5 cm³/mol. The van der Waals surface area contributed by atoms with Crippen molar-refractivity contribution in [1.82, 2.24) is 0 Å². The first-order chi connectivity index (χ1) is 7.77. The van der Waals surface area contributed by atoms with Gasteiger partial charge in [-0.3, -0.25) is 0 Å². The van der Waals surface area contributed by atoms with Gasteiger partial charge in [-0.05, 0) is 6.92 Å². The fourth-order valence-electron chi connectivity index (χ4n) is 0.860. The van der Waals surface area contributed by atoms with Crippen LogP contribution in [0, 0.1) is 29.1 Å². The standard InChI is InChI=1S/C9H5F5O3/c1-2(15)9(16)17-8-6(13)4(11)3(10)5(12)7(8)14/h2,15H,1H3. The Kier molecular flexibility index (Phi) is 3.66. The maximum atomic E-state index is 12.9. The molecule has 8 heteroatoms. The first kappa shape index (κ1) is 13.4. The molecule has 0 aromatic heterocycles. The molecular formula is C9H5F5O3. The maximum absolute atomic E-state index is 12.9. The van der Waals surface area contributed by atoms with Crippen molar-refractivity contribution in [2.75, 3.05) is 0 Å². The molecule has 1 rings (SSSR count). The predicted octanol–water partition coefficient (Wildman–Crippen LogP) is 1.67. The molecule has 0 heterocycles. The average Bonchev–Trinajstić information content (AvgIpc) is 2.29. The second-order valence-corrected chi connectivity index (χ2v) is 3.00. The van der Waals surface area contributed by atoms with E-state index in [2.05, 4.69) is 4.74 Å². The Hall–Kier alpha value is -1.70. The number of rotatable bonds is 2. The number of aliphatic hydroxyl groups excluding tert-OH is 1. The van der Waals surface area contributed by atoms with Crippen LogP contribution < -0.4 is 4.74 Å². The van der Waals surface area contributed by atoms with Crippen LogP contribution in [-0.4, -0.2) is 17.2 Å². The molecule has 17 heavy (non-hydrogen) atoms. The Labute approximate surface area is 91.4 Å². The minimum atomic E-state index is -2.36. The molecule has 0 fully saturated rings. The van der Waals surface area contributed by atoms with Gasteiger partial charge in [-0.25, -0.2) is 18.0 Å². The maximum Gasteiger partial charge on any atom is 0.340 e. The zero-order valence-corrected chi connectivity index (χ0v) is 8.23. The molecule has 0 aliphatic heterocycles. The van der Waals surface area contributed by atoms with E-state index in [1.807, 2.05) is 0 Å². The summed E-state index contributed by atoms with van der Waals surface area (Å²) in [7, 11) is 0. The summed E-state index contributed by atoms with van der Waals surface area (Å²) in [4.78, 5) is 10.8. The van der Waals surface area contributed by atoms with Gasteiger partial charge >= 0.3 is 5.97 Å². The smallest absolute Gasteiger partial charge is 0.340 e. The van der Waals surface area contributed by atoms with E-state index in [9.17, 15) is 26.7 Å². The molecule has 94 valence electrons. The van der Waals surface area contributed by atoms with E-state index in [-0.39, 0.29) is 0 Å². The Morgan fingerprint density at radius 3 is 1.71 bits per heavy atom. The van der Waals surface area contributed by atoms with E-state index in [1.165, 1.54) is 0 Å². The average molecular weight is 256 g/mol.